The van der Waals surface area contributed by atoms with Crippen LogP contribution in [0.3, 0.4) is 0 Å². The third-order valence-electron chi connectivity index (χ3n) is 7.57. The fraction of sp³-hybridized carbons (Fsp3) is 0.464. The molecule has 0 aromatic heterocycles. The van der Waals surface area contributed by atoms with E-state index in [1.165, 1.54) is 11.3 Å². The molecule has 1 unspecified atom stereocenters. The van der Waals surface area contributed by atoms with Crippen LogP contribution in [0.15, 0.2) is 30.3 Å². The summed E-state index contributed by atoms with van der Waals surface area (Å²) in [6.45, 7) is 2.02. The van der Waals surface area contributed by atoms with E-state index < -0.39 is 11.9 Å². The summed E-state index contributed by atoms with van der Waals surface area (Å²) in [6, 6.07) is 8.42. The molecule has 2 N–H and O–H groups in total. The summed E-state index contributed by atoms with van der Waals surface area (Å²) >= 11 is 0. The molecule has 2 aromatic carbocycles. The van der Waals surface area contributed by atoms with Gasteiger partial charge in [-0.25, -0.2) is 0 Å². The zero-order valence-corrected chi connectivity index (χ0v) is 20.9. The van der Waals surface area contributed by atoms with Gasteiger partial charge in [-0.1, -0.05) is 18.2 Å². The van der Waals surface area contributed by atoms with E-state index >= 15 is 0 Å². The Hall–Kier alpha value is -3.75. The molecule has 0 radical (unpaired) electrons. The molecule has 0 bridgehead atoms. The number of imide groups is 1. The molecule has 9 heteroatoms. The smallest absolute Gasteiger partial charge is 0.259 e. The number of carbonyl (C=O) groups is 5. The first-order valence-corrected chi connectivity index (χ1v) is 13.2. The van der Waals surface area contributed by atoms with E-state index in [9.17, 15) is 24.0 Å². The molecule has 3 aliphatic heterocycles. The van der Waals surface area contributed by atoms with Crippen molar-refractivity contribution in [1.82, 2.24) is 15.5 Å². The lowest BCUT2D eigenvalue weighted by Crippen LogP contribution is -2.53. The van der Waals surface area contributed by atoms with Crippen molar-refractivity contribution in [2.24, 2.45) is 0 Å². The van der Waals surface area contributed by atoms with E-state index in [4.69, 9.17) is 0 Å². The van der Waals surface area contributed by atoms with Crippen molar-refractivity contribution < 1.29 is 24.0 Å². The highest BCUT2D eigenvalue weighted by Crippen LogP contribution is 2.41. The van der Waals surface area contributed by atoms with Crippen LogP contribution in [-0.2, 0) is 25.7 Å². The average molecular weight is 505 g/mol. The number of hydrogen-bond acceptors (Lipinski definition) is 5. The van der Waals surface area contributed by atoms with Crippen molar-refractivity contribution in [1.29, 1.82) is 0 Å². The van der Waals surface area contributed by atoms with Gasteiger partial charge in [0.15, 0.2) is 0 Å². The molecule has 2 aromatic rings. The predicted octanol–water partition coefficient (Wildman–Crippen LogP) is 2.79. The highest BCUT2D eigenvalue weighted by atomic mass is 16.2. The number of hydrogen-bond donors (Lipinski definition) is 2. The first-order valence-electron chi connectivity index (χ1n) is 13.2. The van der Waals surface area contributed by atoms with Gasteiger partial charge < -0.3 is 10.2 Å². The summed E-state index contributed by atoms with van der Waals surface area (Å²) in [5.41, 5.74) is 2.05. The first kappa shape index (κ1) is 24.9. The van der Waals surface area contributed by atoms with Gasteiger partial charge in [0.2, 0.25) is 23.6 Å². The summed E-state index contributed by atoms with van der Waals surface area (Å²) in [5.74, 6) is -0.922. The van der Waals surface area contributed by atoms with Crippen molar-refractivity contribution in [3.8, 4) is 0 Å². The van der Waals surface area contributed by atoms with E-state index in [0.717, 1.165) is 42.3 Å². The Morgan fingerprint density at radius 1 is 0.973 bits per heavy atom. The maximum atomic E-state index is 13.2. The summed E-state index contributed by atoms with van der Waals surface area (Å²) in [7, 11) is 0. The zero-order valence-electron chi connectivity index (χ0n) is 20.9. The SMILES string of the molecule is O=C(CCCCC(=O)N1CCCCC1)NCc1ccc2c3c(cccc13)C(=O)N2C1CCC(=O)NC1=O. The van der Waals surface area contributed by atoms with E-state index in [1.54, 1.807) is 12.1 Å². The van der Waals surface area contributed by atoms with Crippen molar-refractivity contribution >= 4 is 46.0 Å². The predicted molar refractivity (Wildman–Crippen MR) is 138 cm³/mol. The van der Waals surface area contributed by atoms with Crippen LogP contribution >= 0.6 is 0 Å². The Labute approximate surface area is 215 Å². The summed E-state index contributed by atoms with van der Waals surface area (Å²) in [6.07, 6.45) is 6.02. The van der Waals surface area contributed by atoms with Crippen LogP contribution in [-0.4, -0.2) is 53.6 Å². The van der Waals surface area contributed by atoms with Gasteiger partial charge in [0.05, 0.1) is 5.69 Å². The first-order chi connectivity index (χ1) is 17.9. The Balaban J connectivity index is 1.20. The van der Waals surface area contributed by atoms with Crippen LogP contribution in [0.25, 0.3) is 10.8 Å². The summed E-state index contributed by atoms with van der Waals surface area (Å²) in [5, 5.41) is 6.91. The number of nitrogens with one attached hydrogen (secondary N) is 2. The topological polar surface area (TPSA) is 116 Å². The van der Waals surface area contributed by atoms with Crippen molar-refractivity contribution in [2.75, 3.05) is 18.0 Å². The fourth-order valence-corrected chi connectivity index (χ4v) is 5.60. The van der Waals surface area contributed by atoms with Gasteiger partial charge in [-0.05, 0) is 61.6 Å². The lowest BCUT2D eigenvalue weighted by molar-refractivity contribution is -0.134. The minimum Gasteiger partial charge on any atom is -0.352 e. The van der Waals surface area contributed by atoms with E-state index in [-0.39, 0.29) is 36.5 Å². The minimum atomic E-state index is -0.729. The third-order valence-corrected chi connectivity index (χ3v) is 7.57. The van der Waals surface area contributed by atoms with Crippen LogP contribution in [0.1, 0.15) is 73.7 Å². The Kier molecular flexibility index (Phi) is 7.21. The molecule has 2 fully saturated rings. The van der Waals surface area contributed by atoms with Crippen molar-refractivity contribution in [2.45, 2.75) is 70.4 Å². The number of amides is 5. The normalized spacial score (nSPS) is 19.4. The van der Waals surface area contributed by atoms with Crippen LogP contribution in [0.4, 0.5) is 5.69 Å². The lowest BCUT2D eigenvalue weighted by atomic mass is 10.00. The third kappa shape index (κ3) is 5.08. The molecule has 0 spiro atoms. The number of nitrogens with zero attached hydrogens (tertiary/aromatic N) is 2. The summed E-state index contributed by atoms with van der Waals surface area (Å²) in [4.78, 5) is 65.5. The van der Waals surface area contributed by atoms with Gasteiger partial charge in [0.25, 0.3) is 5.91 Å². The maximum absolute atomic E-state index is 13.2. The molecular weight excluding hydrogens is 472 g/mol. The number of anilines is 1. The number of rotatable bonds is 8. The minimum absolute atomic E-state index is 0.0741. The second-order valence-electron chi connectivity index (χ2n) is 10.0. The second-order valence-corrected chi connectivity index (χ2v) is 10.0. The molecular formula is C28H32N4O5. The number of carbonyl (C=O) groups excluding carboxylic acids is 5. The molecule has 0 aliphatic carbocycles. The summed E-state index contributed by atoms with van der Waals surface area (Å²) < 4.78 is 0. The van der Waals surface area contributed by atoms with Gasteiger partial charge in [0, 0.05) is 49.8 Å². The van der Waals surface area contributed by atoms with Gasteiger partial charge in [0.1, 0.15) is 6.04 Å². The van der Waals surface area contributed by atoms with Crippen LogP contribution in [0, 0.1) is 0 Å². The van der Waals surface area contributed by atoms with Crippen LogP contribution in [0.2, 0.25) is 0 Å². The standard InChI is InChI=1S/C28H32N4O5/c33-23(9-2-3-10-25(35)31-15-4-1-5-16-31)29-17-18-11-12-21-26-19(18)7-6-8-20(26)28(37)32(21)22-13-14-24(34)30-27(22)36/h6-8,11-12,22H,1-5,9-10,13-17H2,(H,29,33)(H,30,34,36). The molecule has 5 rings (SSSR count). The molecule has 194 valence electrons. The van der Waals surface area contributed by atoms with Crippen LogP contribution < -0.4 is 15.5 Å². The highest BCUT2D eigenvalue weighted by molar-refractivity contribution is 6.27. The Bertz CT molecular complexity index is 1270. The fourth-order valence-electron chi connectivity index (χ4n) is 5.60. The maximum Gasteiger partial charge on any atom is 0.259 e. The van der Waals surface area contributed by atoms with Crippen molar-refractivity contribution in [3.05, 3.63) is 41.5 Å². The molecule has 3 heterocycles. The number of piperidine rings is 2. The Morgan fingerprint density at radius 2 is 1.76 bits per heavy atom. The average Bonchev–Trinajstić information content (AvgIpc) is 3.19. The largest absolute Gasteiger partial charge is 0.352 e. The van der Waals surface area contributed by atoms with Crippen molar-refractivity contribution in [3.63, 3.8) is 0 Å². The van der Waals surface area contributed by atoms with Gasteiger partial charge >= 0.3 is 0 Å². The van der Waals surface area contributed by atoms with Gasteiger partial charge in [-0.2, -0.15) is 0 Å². The Morgan fingerprint density at radius 3 is 2.54 bits per heavy atom. The zero-order chi connectivity index (χ0) is 25.9. The molecule has 9 nitrogen and oxygen atoms in total. The number of unbranched alkanes of at least 4 members (excludes halogenated alkanes) is 1. The quantitative estimate of drug-likeness (QED) is 0.424. The van der Waals surface area contributed by atoms with E-state index in [2.05, 4.69) is 10.6 Å². The highest BCUT2D eigenvalue weighted by Gasteiger charge is 2.40. The van der Waals surface area contributed by atoms with E-state index in [1.807, 2.05) is 23.1 Å². The molecule has 3 aliphatic rings. The molecule has 5 amide bonds. The molecule has 1 atom stereocenters. The number of benzene rings is 2. The van der Waals surface area contributed by atoms with Gasteiger partial charge in [-0.3, -0.25) is 34.2 Å². The van der Waals surface area contributed by atoms with Crippen LogP contribution in [0.5, 0.6) is 0 Å². The monoisotopic (exact) mass is 504 g/mol. The molecule has 2 saturated heterocycles. The molecule has 0 saturated carbocycles. The van der Waals surface area contributed by atoms with E-state index in [0.29, 0.717) is 43.5 Å². The second kappa shape index (κ2) is 10.7. The lowest BCUT2D eigenvalue weighted by Gasteiger charge is -2.30. The number of likely N-dealkylation sites (tertiary alicyclic amines) is 1. The molecule has 37 heavy (non-hydrogen) atoms. The van der Waals surface area contributed by atoms with Gasteiger partial charge in [-0.15, -0.1) is 0 Å².